The first-order valence-electron chi connectivity index (χ1n) is 4.93. The Bertz CT molecular complexity index is 553. The van der Waals surface area contributed by atoms with Gasteiger partial charge in [-0.3, -0.25) is 14.2 Å². The zero-order valence-electron chi connectivity index (χ0n) is 9.54. The van der Waals surface area contributed by atoms with E-state index in [0.717, 1.165) is 12.4 Å². The first-order chi connectivity index (χ1) is 7.93. The first kappa shape index (κ1) is 12.8. The van der Waals surface area contributed by atoms with Gasteiger partial charge >= 0.3 is 0 Å². The summed E-state index contributed by atoms with van der Waals surface area (Å²) in [6, 6.07) is 7.24. The van der Waals surface area contributed by atoms with Crippen molar-refractivity contribution in [3.05, 3.63) is 30.5 Å². The molecule has 0 bridgehead atoms. The fraction of sp³-hybridized carbons (Fsp3) is 0.167. The van der Waals surface area contributed by atoms with E-state index in [1.54, 1.807) is 12.1 Å². The molecule has 5 heteroatoms. The van der Waals surface area contributed by atoms with Crippen LogP contribution in [0.15, 0.2) is 30.5 Å². The van der Waals surface area contributed by atoms with Gasteiger partial charge in [-0.05, 0) is 12.1 Å². The van der Waals surface area contributed by atoms with E-state index in [4.69, 9.17) is 9.90 Å². The van der Waals surface area contributed by atoms with Crippen LogP contribution in [0.4, 0.5) is 0 Å². The average molecular weight is 235 g/mol. The van der Waals surface area contributed by atoms with Crippen LogP contribution in [-0.4, -0.2) is 26.7 Å². The number of carbonyl (C=O) groups is 2. The predicted molar refractivity (Wildman–Crippen MR) is 63.2 cm³/mol. The quantitative estimate of drug-likeness (QED) is 0.732. The van der Waals surface area contributed by atoms with E-state index in [2.05, 4.69) is 0 Å². The van der Waals surface area contributed by atoms with E-state index >= 15 is 0 Å². The molecule has 0 saturated carbocycles. The lowest BCUT2D eigenvalue weighted by atomic mass is 10.2. The maximum Gasteiger partial charge on any atom is 0.300 e. The summed E-state index contributed by atoms with van der Waals surface area (Å²) in [6.45, 7) is 2.55. The summed E-state index contributed by atoms with van der Waals surface area (Å²) in [4.78, 5) is 20.1. The Morgan fingerprint density at radius 1 is 1.18 bits per heavy atom. The first-order valence-corrected chi connectivity index (χ1v) is 4.93. The highest BCUT2D eigenvalue weighted by molar-refractivity contribution is 5.95. The molecule has 1 aromatic heterocycles. The predicted octanol–water partition coefficient (Wildman–Crippen LogP) is 2.10. The van der Waals surface area contributed by atoms with E-state index in [9.17, 15) is 9.90 Å². The summed E-state index contributed by atoms with van der Waals surface area (Å²) in [5.74, 6) is -0.790. The van der Waals surface area contributed by atoms with Crippen LogP contribution in [0.3, 0.4) is 0 Å². The molecule has 0 amide bonds. The third kappa shape index (κ3) is 3.07. The van der Waals surface area contributed by atoms with Crippen LogP contribution in [0.25, 0.3) is 10.9 Å². The molecule has 2 N–H and O–H groups in total. The Hall–Kier alpha value is -2.30. The lowest BCUT2D eigenvalue weighted by Crippen LogP contribution is -2.02. The normalized spacial score (nSPS) is 9.53. The molecule has 2 rings (SSSR count). The highest BCUT2D eigenvalue weighted by atomic mass is 16.4. The zero-order valence-corrected chi connectivity index (χ0v) is 9.54. The third-order valence-corrected chi connectivity index (χ3v) is 2.03. The lowest BCUT2D eigenvalue weighted by Gasteiger charge is -1.96. The Morgan fingerprint density at radius 2 is 1.71 bits per heavy atom. The summed E-state index contributed by atoms with van der Waals surface area (Å²) >= 11 is 0. The number of carboxylic acids is 1. The van der Waals surface area contributed by atoms with Crippen molar-refractivity contribution >= 4 is 22.8 Å². The topological polar surface area (TPSA) is 79.5 Å². The summed E-state index contributed by atoms with van der Waals surface area (Å²) < 4.78 is 1.44. The van der Waals surface area contributed by atoms with E-state index in [1.807, 2.05) is 12.1 Å². The maximum atomic E-state index is 11.1. The Balaban J connectivity index is 0.000000317. The van der Waals surface area contributed by atoms with E-state index in [0.29, 0.717) is 5.39 Å². The molecule has 0 atom stereocenters. The van der Waals surface area contributed by atoms with Gasteiger partial charge in [0.2, 0.25) is 5.91 Å². The Labute approximate surface area is 97.9 Å². The molecule has 0 fully saturated rings. The summed E-state index contributed by atoms with van der Waals surface area (Å²) in [6.07, 6.45) is 1.44. The number of hydrogen-bond donors (Lipinski definition) is 2. The number of aliphatic carboxylic acids is 1. The van der Waals surface area contributed by atoms with Gasteiger partial charge in [-0.25, -0.2) is 0 Å². The van der Waals surface area contributed by atoms with Crippen LogP contribution >= 0.6 is 0 Å². The number of carbonyl (C=O) groups excluding carboxylic acids is 1. The van der Waals surface area contributed by atoms with E-state index in [1.165, 1.54) is 17.7 Å². The molecule has 0 aliphatic carbocycles. The monoisotopic (exact) mass is 235 g/mol. The Morgan fingerprint density at radius 3 is 2.24 bits per heavy atom. The maximum absolute atomic E-state index is 11.1. The number of carboxylic acid groups (broad SMARTS) is 1. The molecule has 17 heavy (non-hydrogen) atoms. The number of aromatic nitrogens is 1. The van der Waals surface area contributed by atoms with Gasteiger partial charge in [-0.2, -0.15) is 0 Å². The number of rotatable bonds is 0. The second-order valence-electron chi connectivity index (χ2n) is 3.44. The van der Waals surface area contributed by atoms with Crippen LogP contribution in [0.5, 0.6) is 5.75 Å². The van der Waals surface area contributed by atoms with Crippen LogP contribution in [0, 0.1) is 0 Å². The van der Waals surface area contributed by atoms with Gasteiger partial charge in [0.1, 0.15) is 5.75 Å². The largest absolute Gasteiger partial charge is 0.506 e. The molecule has 0 aliphatic rings. The molecule has 2 aromatic rings. The number of fused-ring (bicyclic) bond motifs is 1. The van der Waals surface area contributed by atoms with Crippen LogP contribution in [-0.2, 0) is 4.79 Å². The fourth-order valence-corrected chi connectivity index (χ4v) is 1.42. The van der Waals surface area contributed by atoms with Crippen molar-refractivity contribution in [2.75, 3.05) is 0 Å². The molecular weight excluding hydrogens is 222 g/mol. The molecule has 0 aliphatic heterocycles. The SMILES string of the molecule is CC(=O)O.CC(=O)n1cc(O)c2ccccc21. The van der Waals surface area contributed by atoms with E-state index in [-0.39, 0.29) is 11.7 Å². The van der Waals surface area contributed by atoms with Gasteiger partial charge in [0.25, 0.3) is 5.97 Å². The number of aromatic hydroxyl groups is 1. The molecule has 0 radical (unpaired) electrons. The lowest BCUT2D eigenvalue weighted by molar-refractivity contribution is -0.134. The van der Waals surface area contributed by atoms with Crippen molar-refractivity contribution in [2.24, 2.45) is 0 Å². The van der Waals surface area contributed by atoms with Crippen molar-refractivity contribution in [3.63, 3.8) is 0 Å². The van der Waals surface area contributed by atoms with Gasteiger partial charge < -0.3 is 10.2 Å². The fourth-order valence-electron chi connectivity index (χ4n) is 1.42. The summed E-state index contributed by atoms with van der Waals surface area (Å²) in [5, 5.41) is 17.6. The molecular formula is C12H13NO4. The van der Waals surface area contributed by atoms with Crippen molar-refractivity contribution in [3.8, 4) is 5.75 Å². The molecule has 0 saturated heterocycles. The molecule has 5 nitrogen and oxygen atoms in total. The average Bonchev–Trinajstić information content (AvgIpc) is 2.56. The molecule has 1 aromatic carbocycles. The number of benzene rings is 1. The van der Waals surface area contributed by atoms with Crippen LogP contribution < -0.4 is 0 Å². The van der Waals surface area contributed by atoms with Crippen LogP contribution in [0.1, 0.15) is 18.6 Å². The number of nitrogens with zero attached hydrogens (tertiary/aromatic N) is 1. The second kappa shape index (κ2) is 5.16. The van der Waals surface area contributed by atoms with Gasteiger partial charge in [-0.1, -0.05) is 12.1 Å². The summed E-state index contributed by atoms with van der Waals surface area (Å²) in [7, 11) is 0. The highest BCUT2D eigenvalue weighted by Gasteiger charge is 2.08. The van der Waals surface area contributed by atoms with E-state index < -0.39 is 5.97 Å². The molecule has 0 unspecified atom stereocenters. The molecule has 90 valence electrons. The van der Waals surface area contributed by atoms with Gasteiger partial charge in [0.05, 0.1) is 11.7 Å². The van der Waals surface area contributed by atoms with Gasteiger partial charge in [0, 0.05) is 19.2 Å². The number of para-hydroxylation sites is 1. The van der Waals surface area contributed by atoms with Gasteiger partial charge in [-0.15, -0.1) is 0 Å². The number of hydrogen-bond acceptors (Lipinski definition) is 3. The van der Waals surface area contributed by atoms with Crippen molar-refractivity contribution in [1.29, 1.82) is 0 Å². The molecule has 1 heterocycles. The van der Waals surface area contributed by atoms with Crippen molar-refractivity contribution < 1.29 is 19.8 Å². The van der Waals surface area contributed by atoms with Crippen LogP contribution in [0.2, 0.25) is 0 Å². The van der Waals surface area contributed by atoms with Gasteiger partial charge in [0.15, 0.2) is 0 Å². The van der Waals surface area contributed by atoms with Crippen molar-refractivity contribution in [2.45, 2.75) is 13.8 Å². The Kier molecular flexibility index (Phi) is 3.87. The smallest absolute Gasteiger partial charge is 0.300 e. The molecule has 0 spiro atoms. The zero-order chi connectivity index (χ0) is 13.0. The minimum Gasteiger partial charge on any atom is -0.506 e. The standard InChI is InChI=1S/C10H9NO2.C2H4O2/c1-7(12)11-6-10(13)8-4-2-3-5-9(8)11;1-2(3)4/h2-6,13H,1H3;1H3,(H,3,4). The van der Waals surface area contributed by atoms with Crippen molar-refractivity contribution in [1.82, 2.24) is 4.57 Å². The highest BCUT2D eigenvalue weighted by Crippen LogP contribution is 2.26. The third-order valence-electron chi connectivity index (χ3n) is 2.03. The minimum atomic E-state index is -0.833. The second-order valence-corrected chi connectivity index (χ2v) is 3.44. The summed E-state index contributed by atoms with van der Waals surface area (Å²) in [5.41, 5.74) is 0.743. The minimum absolute atomic E-state index is 0.100.